The molecule has 2 rings (SSSR count). The van der Waals surface area contributed by atoms with E-state index in [0.29, 0.717) is 5.39 Å². The van der Waals surface area contributed by atoms with E-state index in [4.69, 9.17) is 5.11 Å². The Bertz CT molecular complexity index is 546. The molecule has 1 aromatic heterocycles. The molecule has 1 aromatic carbocycles. The smallest absolute Gasteiger partial charge is 0.355 e. The maximum Gasteiger partial charge on any atom is 0.355 e. The first kappa shape index (κ1) is 10.0. The summed E-state index contributed by atoms with van der Waals surface area (Å²) in [5.74, 6) is -1.28. The number of carboxylic acid groups (broad SMARTS) is 1. The van der Waals surface area contributed by atoms with Gasteiger partial charge in [0.1, 0.15) is 0 Å². The molecule has 1 heterocycles. The topological polar surface area (TPSA) is 93.3 Å². The van der Waals surface area contributed by atoms with Gasteiger partial charge in [0.15, 0.2) is 5.69 Å². The van der Waals surface area contributed by atoms with E-state index in [0.717, 1.165) is 0 Å². The van der Waals surface area contributed by atoms with Crippen molar-refractivity contribution in [2.45, 2.75) is 0 Å². The van der Waals surface area contributed by atoms with Crippen molar-refractivity contribution in [1.82, 2.24) is 4.98 Å². The summed E-state index contributed by atoms with van der Waals surface area (Å²) in [6.45, 7) is 0. The Labute approximate surface area is 89.3 Å². The number of nitro benzene ring substituents is 1. The van der Waals surface area contributed by atoms with E-state index in [9.17, 15) is 14.9 Å². The van der Waals surface area contributed by atoms with Gasteiger partial charge in [-0.25, -0.2) is 9.78 Å². The molecule has 1 N–H and O–H groups in total. The molecule has 0 saturated carbocycles. The van der Waals surface area contributed by atoms with Crippen LogP contribution in [0.25, 0.3) is 10.8 Å². The van der Waals surface area contributed by atoms with E-state index in [1.807, 2.05) is 0 Å². The highest BCUT2D eigenvalue weighted by Crippen LogP contribution is 2.27. The van der Waals surface area contributed by atoms with Crippen molar-refractivity contribution in [2.24, 2.45) is 0 Å². The van der Waals surface area contributed by atoms with Crippen molar-refractivity contribution in [2.75, 3.05) is 0 Å². The van der Waals surface area contributed by atoms with E-state index in [1.165, 1.54) is 24.4 Å². The van der Waals surface area contributed by atoms with Crippen molar-refractivity contribution in [3.8, 4) is 0 Å². The Morgan fingerprint density at radius 3 is 2.75 bits per heavy atom. The average Bonchev–Trinajstić information content (AvgIpc) is 2.27. The number of non-ortho nitro benzene ring substituents is 1. The highest BCUT2D eigenvalue weighted by Gasteiger charge is 2.19. The fraction of sp³-hybridized carbons (Fsp3) is 0. The predicted octanol–water partition coefficient (Wildman–Crippen LogP) is 1.84. The third kappa shape index (κ3) is 1.46. The van der Waals surface area contributed by atoms with Crippen molar-refractivity contribution >= 4 is 22.4 Å². The Morgan fingerprint density at radius 1 is 1.38 bits per heavy atom. The molecule has 0 radical (unpaired) electrons. The van der Waals surface area contributed by atoms with Crippen molar-refractivity contribution in [3.63, 3.8) is 0 Å². The number of aromatic nitrogens is 1. The van der Waals surface area contributed by atoms with Crippen LogP contribution in [0.4, 0.5) is 5.69 Å². The molecule has 0 aliphatic rings. The molecule has 0 fully saturated rings. The third-order valence-corrected chi connectivity index (χ3v) is 2.17. The predicted molar refractivity (Wildman–Crippen MR) is 55.4 cm³/mol. The molecule has 6 heteroatoms. The van der Waals surface area contributed by atoms with Crippen LogP contribution in [-0.2, 0) is 0 Å². The normalized spacial score (nSPS) is 10.2. The lowest BCUT2D eigenvalue weighted by atomic mass is 10.1. The van der Waals surface area contributed by atoms with E-state index in [2.05, 4.69) is 4.98 Å². The van der Waals surface area contributed by atoms with E-state index < -0.39 is 10.9 Å². The Morgan fingerprint density at radius 2 is 2.12 bits per heavy atom. The molecule has 0 atom stereocenters. The number of aromatic carboxylic acids is 1. The first-order chi connectivity index (χ1) is 7.61. The molecular weight excluding hydrogens is 212 g/mol. The maximum atomic E-state index is 10.9. The molecule has 6 nitrogen and oxygen atoms in total. The summed E-state index contributed by atoms with van der Waals surface area (Å²) in [4.78, 5) is 24.7. The second-order valence-corrected chi connectivity index (χ2v) is 3.10. The van der Waals surface area contributed by atoms with Crippen LogP contribution in [0.15, 0.2) is 30.5 Å². The van der Waals surface area contributed by atoms with Crippen molar-refractivity contribution < 1.29 is 14.8 Å². The molecule has 0 unspecified atom stereocenters. The third-order valence-electron chi connectivity index (χ3n) is 2.17. The number of carbonyl (C=O) groups is 1. The summed E-state index contributed by atoms with van der Waals surface area (Å²) >= 11 is 0. The Kier molecular flexibility index (Phi) is 2.24. The molecule has 0 amide bonds. The minimum atomic E-state index is -1.28. The zero-order chi connectivity index (χ0) is 11.7. The van der Waals surface area contributed by atoms with Gasteiger partial charge in [-0.2, -0.15) is 0 Å². The number of rotatable bonds is 2. The van der Waals surface area contributed by atoms with Crippen LogP contribution in [0.1, 0.15) is 10.5 Å². The number of hydrogen-bond acceptors (Lipinski definition) is 4. The van der Waals surface area contributed by atoms with Gasteiger partial charge in [0.25, 0.3) is 5.69 Å². The van der Waals surface area contributed by atoms with Gasteiger partial charge in [-0.15, -0.1) is 0 Å². The number of pyridine rings is 1. The molecule has 2 aromatic rings. The van der Waals surface area contributed by atoms with E-state index in [1.54, 1.807) is 6.07 Å². The van der Waals surface area contributed by atoms with Crippen LogP contribution in [0.5, 0.6) is 0 Å². The second-order valence-electron chi connectivity index (χ2n) is 3.10. The van der Waals surface area contributed by atoms with Crippen LogP contribution >= 0.6 is 0 Å². The van der Waals surface area contributed by atoms with Crippen molar-refractivity contribution in [1.29, 1.82) is 0 Å². The number of fused-ring (bicyclic) bond motifs is 1. The van der Waals surface area contributed by atoms with E-state index >= 15 is 0 Å². The highest BCUT2D eigenvalue weighted by molar-refractivity contribution is 6.05. The molecule has 0 bridgehead atoms. The lowest BCUT2D eigenvalue weighted by Crippen LogP contribution is -2.02. The maximum absolute atomic E-state index is 10.9. The summed E-state index contributed by atoms with van der Waals surface area (Å²) in [7, 11) is 0. The van der Waals surface area contributed by atoms with Gasteiger partial charge < -0.3 is 5.11 Å². The molecule has 80 valence electrons. The summed E-state index contributed by atoms with van der Waals surface area (Å²) in [5.41, 5.74) is -0.548. The van der Waals surface area contributed by atoms with Crippen LogP contribution in [-0.4, -0.2) is 21.0 Å². The quantitative estimate of drug-likeness (QED) is 0.613. The second kappa shape index (κ2) is 3.58. The number of benzene rings is 1. The van der Waals surface area contributed by atoms with Gasteiger partial charge in [-0.3, -0.25) is 10.1 Å². The lowest BCUT2D eigenvalue weighted by Gasteiger charge is -2.01. The average molecular weight is 218 g/mol. The number of hydrogen-bond donors (Lipinski definition) is 1. The summed E-state index contributed by atoms with van der Waals surface area (Å²) in [5, 5.41) is 20.2. The fourth-order valence-corrected chi connectivity index (χ4v) is 1.53. The fourth-order valence-electron chi connectivity index (χ4n) is 1.53. The van der Waals surface area contributed by atoms with Gasteiger partial charge >= 0.3 is 5.97 Å². The van der Waals surface area contributed by atoms with Crippen molar-refractivity contribution in [3.05, 3.63) is 46.3 Å². The first-order valence-corrected chi connectivity index (χ1v) is 4.36. The van der Waals surface area contributed by atoms with Gasteiger partial charge in [-0.1, -0.05) is 12.1 Å². The zero-order valence-corrected chi connectivity index (χ0v) is 7.95. The molecular formula is C10H6N2O4. The van der Waals surface area contributed by atoms with Crippen LogP contribution in [0.2, 0.25) is 0 Å². The first-order valence-electron chi connectivity index (χ1n) is 4.36. The highest BCUT2D eigenvalue weighted by atomic mass is 16.6. The van der Waals surface area contributed by atoms with Crippen LogP contribution in [0, 0.1) is 10.1 Å². The minimum Gasteiger partial charge on any atom is -0.476 e. The van der Waals surface area contributed by atoms with E-state index in [-0.39, 0.29) is 16.8 Å². The molecule has 0 spiro atoms. The van der Waals surface area contributed by atoms with Crippen LogP contribution < -0.4 is 0 Å². The van der Waals surface area contributed by atoms with Crippen LogP contribution in [0.3, 0.4) is 0 Å². The zero-order valence-electron chi connectivity index (χ0n) is 7.95. The van der Waals surface area contributed by atoms with Gasteiger partial charge in [0.2, 0.25) is 0 Å². The number of nitro groups is 1. The molecule has 0 aliphatic heterocycles. The SMILES string of the molecule is O=C(O)c1nccc2cccc([N+](=O)[O-])c12. The molecule has 0 aliphatic carbocycles. The lowest BCUT2D eigenvalue weighted by molar-refractivity contribution is -0.383. The number of nitrogens with zero attached hydrogens (tertiary/aromatic N) is 2. The minimum absolute atomic E-state index is 0.0579. The molecule has 16 heavy (non-hydrogen) atoms. The standard InChI is InChI=1S/C10H6N2O4/c13-10(14)9-8-6(4-5-11-9)2-1-3-7(8)12(15)16/h1-5H,(H,13,14). The molecule has 0 saturated heterocycles. The monoisotopic (exact) mass is 218 g/mol. The summed E-state index contributed by atoms with van der Waals surface area (Å²) in [6, 6.07) is 5.91. The Balaban J connectivity index is 2.92. The largest absolute Gasteiger partial charge is 0.476 e. The summed E-state index contributed by atoms with van der Waals surface area (Å²) in [6.07, 6.45) is 1.31. The summed E-state index contributed by atoms with van der Waals surface area (Å²) < 4.78 is 0. The van der Waals surface area contributed by atoms with Gasteiger partial charge in [0, 0.05) is 12.3 Å². The van der Waals surface area contributed by atoms with Gasteiger partial charge in [-0.05, 0) is 11.5 Å². The Hall–Kier alpha value is -2.50. The number of carboxylic acids is 1. The van der Waals surface area contributed by atoms with Gasteiger partial charge in [0.05, 0.1) is 10.3 Å².